The molecule has 106 valence electrons. The van der Waals surface area contributed by atoms with Crippen molar-refractivity contribution in [3.63, 3.8) is 0 Å². The highest BCUT2D eigenvalue weighted by Crippen LogP contribution is 2.39. The lowest BCUT2D eigenvalue weighted by molar-refractivity contribution is 0.438. The molecule has 0 saturated carbocycles. The molecule has 3 aliphatic rings. The molecule has 1 aromatic carbocycles. The molecular formula is C18H24N2. The van der Waals surface area contributed by atoms with Crippen molar-refractivity contribution in [1.29, 1.82) is 0 Å². The van der Waals surface area contributed by atoms with Gasteiger partial charge in [0.15, 0.2) is 0 Å². The Morgan fingerprint density at radius 2 is 2.10 bits per heavy atom. The van der Waals surface area contributed by atoms with Gasteiger partial charge in [0.2, 0.25) is 0 Å². The average molecular weight is 268 g/mol. The van der Waals surface area contributed by atoms with Crippen LogP contribution in [0, 0.1) is 5.92 Å². The second-order valence-electron chi connectivity index (χ2n) is 6.61. The van der Waals surface area contributed by atoms with Crippen molar-refractivity contribution in [2.24, 2.45) is 11.7 Å². The predicted molar refractivity (Wildman–Crippen MR) is 83.9 cm³/mol. The number of rotatable bonds is 1. The van der Waals surface area contributed by atoms with E-state index in [-0.39, 0.29) is 6.04 Å². The van der Waals surface area contributed by atoms with E-state index in [0.717, 1.165) is 25.3 Å². The molecule has 0 aromatic heterocycles. The largest absolute Gasteiger partial charge is 0.367 e. The minimum atomic E-state index is 0.261. The maximum Gasteiger partial charge on any atom is 0.0405 e. The van der Waals surface area contributed by atoms with Crippen LogP contribution in [0.2, 0.25) is 0 Å². The van der Waals surface area contributed by atoms with Gasteiger partial charge in [-0.05, 0) is 61.6 Å². The summed E-state index contributed by atoms with van der Waals surface area (Å²) in [6, 6.07) is 6.99. The number of nitrogens with zero attached hydrogens (tertiary/aromatic N) is 1. The summed E-state index contributed by atoms with van der Waals surface area (Å²) in [6.07, 6.45) is 10.2. The molecule has 1 aromatic rings. The number of allylic oxidation sites excluding steroid dienone is 1. The lowest BCUT2D eigenvalue weighted by atomic mass is 9.82. The number of piperidine rings is 1. The number of hydrogen-bond acceptors (Lipinski definition) is 2. The number of nitrogens with two attached hydrogens (primary N) is 1. The van der Waals surface area contributed by atoms with Gasteiger partial charge in [0, 0.05) is 24.8 Å². The fourth-order valence-electron chi connectivity index (χ4n) is 4.31. The molecule has 2 unspecified atom stereocenters. The second kappa shape index (κ2) is 4.92. The molecule has 4 rings (SSSR count). The predicted octanol–water partition coefficient (Wildman–Crippen LogP) is 3.57. The van der Waals surface area contributed by atoms with Gasteiger partial charge in [0.25, 0.3) is 0 Å². The maximum absolute atomic E-state index is 6.22. The van der Waals surface area contributed by atoms with Crippen LogP contribution in [0.15, 0.2) is 29.8 Å². The zero-order valence-corrected chi connectivity index (χ0v) is 12.1. The van der Waals surface area contributed by atoms with E-state index in [1.54, 1.807) is 5.57 Å². The summed E-state index contributed by atoms with van der Waals surface area (Å²) in [5.74, 6) is 0.874. The summed E-state index contributed by atoms with van der Waals surface area (Å²) >= 11 is 0. The van der Waals surface area contributed by atoms with Crippen molar-refractivity contribution in [2.75, 3.05) is 18.0 Å². The normalized spacial score (nSPS) is 28.9. The Morgan fingerprint density at radius 3 is 3.05 bits per heavy atom. The first-order valence-corrected chi connectivity index (χ1v) is 8.14. The van der Waals surface area contributed by atoms with E-state index in [9.17, 15) is 0 Å². The highest BCUT2D eigenvalue weighted by atomic mass is 15.1. The third kappa shape index (κ3) is 1.98. The molecule has 2 aliphatic carbocycles. The van der Waals surface area contributed by atoms with Crippen LogP contribution in [0.4, 0.5) is 5.69 Å². The van der Waals surface area contributed by atoms with Crippen molar-refractivity contribution in [3.05, 3.63) is 41.0 Å². The Labute approximate surface area is 121 Å². The minimum absolute atomic E-state index is 0.261. The summed E-state index contributed by atoms with van der Waals surface area (Å²) < 4.78 is 0. The molecule has 0 bridgehead atoms. The highest BCUT2D eigenvalue weighted by molar-refractivity contribution is 5.60. The number of anilines is 1. The van der Waals surface area contributed by atoms with E-state index in [1.165, 1.54) is 49.0 Å². The van der Waals surface area contributed by atoms with Crippen molar-refractivity contribution in [3.8, 4) is 0 Å². The van der Waals surface area contributed by atoms with Gasteiger partial charge in [-0.2, -0.15) is 0 Å². The van der Waals surface area contributed by atoms with Crippen molar-refractivity contribution >= 4 is 5.69 Å². The Bertz CT molecular complexity index is 546. The van der Waals surface area contributed by atoms with Crippen LogP contribution in [0.25, 0.3) is 0 Å². The van der Waals surface area contributed by atoms with E-state index in [2.05, 4.69) is 29.2 Å². The van der Waals surface area contributed by atoms with Crippen LogP contribution in [0.1, 0.15) is 49.3 Å². The van der Waals surface area contributed by atoms with E-state index >= 15 is 0 Å². The monoisotopic (exact) mass is 268 g/mol. The standard InChI is InChI=1S/C18H24N2/c19-17-9-8-16-15(17)6-3-7-18(16)20-11-10-13-4-1-2-5-14(13)12-20/h3,5-7,13,17H,1-2,4,8-12,19H2. The SMILES string of the molecule is NC1CCc2c1cccc2N1CCC2CCCC=C2C1. The fraction of sp³-hybridized carbons (Fsp3) is 0.556. The van der Waals surface area contributed by atoms with Gasteiger partial charge in [-0.25, -0.2) is 0 Å². The summed E-state index contributed by atoms with van der Waals surface area (Å²) in [5.41, 5.74) is 12.3. The smallest absolute Gasteiger partial charge is 0.0405 e. The topological polar surface area (TPSA) is 29.3 Å². The molecule has 0 spiro atoms. The number of hydrogen-bond donors (Lipinski definition) is 1. The highest BCUT2D eigenvalue weighted by Gasteiger charge is 2.29. The zero-order chi connectivity index (χ0) is 13.5. The molecule has 2 nitrogen and oxygen atoms in total. The van der Waals surface area contributed by atoms with E-state index in [4.69, 9.17) is 5.73 Å². The molecule has 0 radical (unpaired) electrons. The van der Waals surface area contributed by atoms with Crippen LogP contribution < -0.4 is 10.6 Å². The molecule has 1 aliphatic heterocycles. The Morgan fingerprint density at radius 1 is 1.15 bits per heavy atom. The minimum Gasteiger partial charge on any atom is -0.367 e. The number of fused-ring (bicyclic) bond motifs is 2. The lowest BCUT2D eigenvalue weighted by Crippen LogP contribution is -2.37. The first-order valence-electron chi connectivity index (χ1n) is 8.14. The van der Waals surface area contributed by atoms with Crippen LogP contribution >= 0.6 is 0 Å². The average Bonchev–Trinajstić information content (AvgIpc) is 2.88. The van der Waals surface area contributed by atoms with Crippen molar-refractivity contribution in [1.82, 2.24) is 0 Å². The third-order valence-electron chi connectivity index (χ3n) is 5.44. The van der Waals surface area contributed by atoms with Crippen LogP contribution in [0.5, 0.6) is 0 Å². The molecule has 2 N–H and O–H groups in total. The maximum atomic E-state index is 6.22. The molecule has 2 heteroatoms. The van der Waals surface area contributed by atoms with Gasteiger partial charge in [0.1, 0.15) is 0 Å². The van der Waals surface area contributed by atoms with Gasteiger partial charge in [0.05, 0.1) is 0 Å². The number of benzene rings is 1. The van der Waals surface area contributed by atoms with Gasteiger partial charge in [-0.15, -0.1) is 0 Å². The summed E-state index contributed by atoms with van der Waals surface area (Å²) in [5, 5.41) is 0. The Kier molecular flexibility index (Phi) is 3.07. The molecule has 20 heavy (non-hydrogen) atoms. The van der Waals surface area contributed by atoms with Crippen LogP contribution in [-0.2, 0) is 6.42 Å². The fourth-order valence-corrected chi connectivity index (χ4v) is 4.31. The third-order valence-corrected chi connectivity index (χ3v) is 5.44. The van der Waals surface area contributed by atoms with Gasteiger partial charge in [-0.1, -0.05) is 23.8 Å². The molecule has 0 amide bonds. The Hall–Kier alpha value is -1.28. The molecule has 1 fully saturated rings. The first kappa shape index (κ1) is 12.5. The van der Waals surface area contributed by atoms with Gasteiger partial charge in [-0.3, -0.25) is 0 Å². The quantitative estimate of drug-likeness (QED) is 0.789. The summed E-state index contributed by atoms with van der Waals surface area (Å²) in [6.45, 7) is 2.37. The van der Waals surface area contributed by atoms with Crippen molar-refractivity contribution in [2.45, 2.75) is 44.6 Å². The molecule has 1 saturated heterocycles. The molecule has 2 atom stereocenters. The van der Waals surface area contributed by atoms with E-state index in [0.29, 0.717) is 0 Å². The van der Waals surface area contributed by atoms with Crippen molar-refractivity contribution < 1.29 is 0 Å². The van der Waals surface area contributed by atoms with Crippen LogP contribution in [-0.4, -0.2) is 13.1 Å². The van der Waals surface area contributed by atoms with Gasteiger partial charge >= 0.3 is 0 Å². The summed E-state index contributed by atoms with van der Waals surface area (Å²) in [7, 11) is 0. The first-order chi connectivity index (χ1) is 9.83. The lowest BCUT2D eigenvalue weighted by Gasteiger charge is -2.38. The van der Waals surface area contributed by atoms with Gasteiger partial charge < -0.3 is 10.6 Å². The Balaban J connectivity index is 1.64. The van der Waals surface area contributed by atoms with Crippen LogP contribution in [0.3, 0.4) is 0 Å². The zero-order valence-electron chi connectivity index (χ0n) is 12.1. The molecule has 1 heterocycles. The van der Waals surface area contributed by atoms with E-state index in [1.807, 2.05) is 0 Å². The molecular weight excluding hydrogens is 244 g/mol. The summed E-state index contributed by atoms with van der Waals surface area (Å²) in [4.78, 5) is 2.60. The van der Waals surface area contributed by atoms with E-state index < -0.39 is 0 Å². The second-order valence-corrected chi connectivity index (χ2v) is 6.61.